The number of thiophene rings is 1. The van der Waals surface area contributed by atoms with E-state index in [1.165, 1.54) is 11.9 Å². The number of hydrogen-bond donors (Lipinski definition) is 0. The molecular formula is C7H5N3S2. The van der Waals surface area contributed by atoms with Crippen molar-refractivity contribution in [3.8, 4) is 6.07 Å². The minimum Gasteiger partial charge on any atom is -0.316 e. The number of nitriles is 1. The van der Waals surface area contributed by atoms with Crippen LogP contribution in [0.2, 0.25) is 0 Å². The Morgan fingerprint density at radius 3 is 3.33 bits per heavy atom. The molecule has 0 saturated heterocycles. The summed E-state index contributed by atoms with van der Waals surface area (Å²) in [6.07, 6.45) is 1.70. The van der Waals surface area contributed by atoms with Crippen LogP contribution in [-0.2, 0) is 0 Å². The molecule has 1 aliphatic rings. The molecule has 12 heavy (non-hydrogen) atoms. The van der Waals surface area contributed by atoms with Crippen LogP contribution in [0.5, 0.6) is 0 Å². The predicted molar refractivity (Wildman–Crippen MR) is 51.6 cm³/mol. The van der Waals surface area contributed by atoms with Crippen LogP contribution in [0.4, 0.5) is 5.69 Å². The van der Waals surface area contributed by atoms with Crippen molar-refractivity contribution in [1.82, 2.24) is 0 Å². The van der Waals surface area contributed by atoms with Crippen LogP contribution in [0, 0.1) is 11.3 Å². The van der Waals surface area contributed by atoms with E-state index in [1.807, 2.05) is 15.7 Å². The highest BCUT2D eigenvalue weighted by molar-refractivity contribution is 7.98. The van der Waals surface area contributed by atoms with Gasteiger partial charge >= 0.3 is 0 Å². The molecule has 1 aromatic heterocycles. The Labute approximate surface area is 78.5 Å². The molecular weight excluding hydrogens is 190 g/mol. The molecule has 0 saturated carbocycles. The molecule has 0 aromatic carbocycles. The second-order valence-electron chi connectivity index (χ2n) is 2.22. The van der Waals surface area contributed by atoms with Crippen molar-refractivity contribution in [2.24, 2.45) is 4.40 Å². The van der Waals surface area contributed by atoms with Gasteiger partial charge in [-0.15, -0.1) is 11.3 Å². The zero-order valence-corrected chi connectivity index (χ0v) is 7.73. The lowest BCUT2D eigenvalue weighted by molar-refractivity contribution is 1.14. The molecule has 0 radical (unpaired) electrons. The van der Waals surface area contributed by atoms with Gasteiger partial charge < -0.3 is 4.90 Å². The van der Waals surface area contributed by atoms with Gasteiger partial charge in [0, 0.05) is 22.7 Å². The summed E-state index contributed by atoms with van der Waals surface area (Å²) in [5, 5.41) is 12.6. The van der Waals surface area contributed by atoms with Crippen LogP contribution in [0.15, 0.2) is 20.1 Å². The van der Waals surface area contributed by atoms with Crippen molar-refractivity contribution in [3.05, 3.63) is 10.8 Å². The van der Waals surface area contributed by atoms with Gasteiger partial charge in [-0.1, -0.05) is 0 Å². The maximum Gasteiger partial charge on any atom is 0.111 e. The minimum absolute atomic E-state index is 0.369. The molecule has 0 fully saturated rings. The van der Waals surface area contributed by atoms with E-state index in [9.17, 15) is 0 Å². The summed E-state index contributed by atoms with van der Waals surface area (Å²) < 4.78 is 4.06. The fourth-order valence-electron chi connectivity index (χ4n) is 0.958. The Hall–Kier alpha value is -0.990. The van der Waals surface area contributed by atoms with E-state index in [4.69, 9.17) is 5.26 Å². The van der Waals surface area contributed by atoms with Crippen LogP contribution < -0.4 is 4.90 Å². The van der Waals surface area contributed by atoms with Crippen molar-refractivity contribution >= 4 is 35.3 Å². The molecule has 1 aliphatic heterocycles. The Morgan fingerprint density at radius 2 is 2.50 bits per heavy atom. The molecule has 0 atom stereocenters. The second-order valence-corrected chi connectivity index (χ2v) is 3.80. The minimum atomic E-state index is 0.369. The lowest BCUT2D eigenvalue weighted by Crippen LogP contribution is -2.22. The monoisotopic (exact) mass is 195 g/mol. The third-order valence-corrected chi connectivity index (χ3v) is 3.10. The van der Waals surface area contributed by atoms with E-state index < -0.39 is 0 Å². The summed E-state index contributed by atoms with van der Waals surface area (Å²) in [6, 6.07) is 2.10. The standard InChI is InChI=1S/C7H5N3S2/c8-1-2-10-5-9-12-7-4-11-3-6(7)10/h3-5H,2H2. The number of anilines is 1. The smallest absolute Gasteiger partial charge is 0.111 e. The van der Waals surface area contributed by atoms with Crippen molar-refractivity contribution < 1.29 is 0 Å². The normalized spacial score (nSPS) is 14.1. The summed E-state index contributed by atoms with van der Waals surface area (Å²) in [7, 11) is 0. The molecule has 2 heterocycles. The van der Waals surface area contributed by atoms with E-state index in [1.54, 1.807) is 17.7 Å². The first-order valence-electron chi connectivity index (χ1n) is 3.32. The molecule has 0 spiro atoms. The number of nitrogens with zero attached hydrogens (tertiary/aromatic N) is 3. The molecule has 0 aliphatic carbocycles. The van der Waals surface area contributed by atoms with Crippen LogP contribution in [0.25, 0.3) is 0 Å². The van der Waals surface area contributed by atoms with E-state index in [2.05, 4.69) is 10.5 Å². The molecule has 2 rings (SSSR count). The molecule has 3 nitrogen and oxygen atoms in total. The fourth-order valence-corrected chi connectivity index (χ4v) is 2.62. The first-order valence-corrected chi connectivity index (χ1v) is 5.04. The molecule has 60 valence electrons. The topological polar surface area (TPSA) is 39.4 Å². The average Bonchev–Trinajstić information content (AvgIpc) is 2.53. The van der Waals surface area contributed by atoms with Gasteiger partial charge in [0.05, 0.1) is 16.7 Å². The summed E-state index contributed by atoms with van der Waals surface area (Å²) in [5.74, 6) is 0. The van der Waals surface area contributed by atoms with Crippen molar-refractivity contribution in [1.29, 1.82) is 5.26 Å². The Balaban J connectivity index is 2.32. The van der Waals surface area contributed by atoms with Crippen LogP contribution in [0.3, 0.4) is 0 Å². The van der Waals surface area contributed by atoms with Gasteiger partial charge in [0.2, 0.25) is 0 Å². The SMILES string of the molecule is N#CCN1C=NSc2cscc21. The maximum atomic E-state index is 8.52. The zero-order chi connectivity index (χ0) is 8.39. The van der Waals surface area contributed by atoms with Gasteiger partial charge in [-0.3, -0.25) is 0 Å². The van der Waals surface area contributed by atoms with Gasteiger partial charge in [-0.25, -0.2) is 4.40 Å². The number of rotatable bonds is 1. The van der Waals surface area contributed by atoms with Gasteiger partial charge in [0.1, 0.15) is 12.9 Å². The summed E-state index contributed by atoms with van der Waals surface area (Å²) in [6.45, 7) is 0.369. The van der Waals surface area contributed by atoms with Gasteiger partial charge in [-0.05, 0) is 0 Å². The maximum absolute atomic E-state index is 8.52. The van der Waals surface area contributed by atoms with Crippen LogP contribution in [-0.4, -0.2) is 12.9 Å². The van der Waals surface area contributed by atoms with Crippen molar-refractivity contribution in [2.75, 3.05) is 11.4 Å². The largest absolute Gasteiger partial charge is 0.316 e. The first kappa shape index (κ1) is 7.65. The average molecular weight is 195 g/mol. The molecule has 0 unspecified atom stereocenters. The second kappa shape index (κ2) is 3.17. The Kier molecular flexibility index (Phi) is 2.02. The van der Waals surface area contributed by atoms with E-state index in [0.29, 0.717) is 6.54 Å². The molecule has 0 bridgehead atoms. The van der Waals surface area contributed by atoms with Gasteiger partial charge in [0.25, 0.3) is 0 Å². The quantitative estimate of drug-likeness (QED) is 0.509. The summed E-state index contributed by atoms with van der Waals surface area (Å²) in [4.78, 5) is 2.99. The molecule has 0 amide bonds. The zero-order valence-electron chi connectivity index (χ0n) is 6.10. The third-order valence-electron chi connectivity index (χ3n) is 1.50. The van der Waals surface area contributed by atoms with Crippen molar-refractivity contribution in [3.63, 3.8) is 0 Å². The Bertz CT molecular complexity index is 350. The first-order chi connectivity index (χ1) is 5.92. The van der Waals surface area contributed by atoms with E-state index >= 15 is 0 Å². The predicted octanol–water partition coefficient (Wildman–Crippen LogP) is 2.13. The lowest BCUT2D eigenvalue weighted by atomic mass is 10.4. The summed E-state index contributed by atoms with van der Waals surface area (Å²) >= 11 is 3.09. The number of fused-ring (bicyclic) bond motifs is 1. The van der Waals surface area contributed by atoms with E-state index in [0.717, 1.165) is 10.6 Å². The summed E-state index contributed by atoms with van der Waals surface area (Å²) in [5.41, 5.74) is 1.10. The molecule has 1 aromatic rings. The lowest BCUT2D eigenvalue weighted by Gasteiger charge is -2.18. The van der Waals surface area contributed by atoms with Crippen molar-refractivity contribution in [2.45, 2.75) is 4.90 Å². The highest BCUT2D eigenvalue weighted by atomic mass is 32.2. The molecule has 0 N–H and O–H groups in total. The van der Waals surface area contributed by atoms with Crippen LogP contribution >= 0.6 is 23.3 Å². The van der Waals surface area contributed by atoms with Crippen LogP contribution in [0.1, 0.15) is 0 Å². The van der Waals surface area contributed by atoms with E-state index in [-0.39, 0.29) is 0 Å². The molecule has 5 heteroatoms. The third kappa shape index (κ3) is 1.19. The highest BCUT2D eigenvalue weighted by Gasteiger charge is 2.14. The highest BCUT2D eigenvalue weighted by Crippen LogP contribution is 2.36. The number of hydrogen-bond acceptors (Lipinski definition) is 5. The van der Waals surface area contributed by atoms with Gasteiger partial charge in [-0.2, -0.15) is 5.26 Å². The Morgan fingerprint density at radius 1 is 1.58 bits per heavy atom. The van der Waals surface area contributed by atoms with Gasteiger partial charge in [0.15, 0.2) is 0 Å². The fraction of sp³-hybridized carbons (Fsp3) is 0.143.